The molecule has 28 heavy (non-hydrogen) atoms. The lowest BCUT2D eigenvalue weighted by molar-refractivity contribution is 0.313. The molecule has 0 aliphatic carbocycles. The molecular formula is C21H25N7. The Kier molecular flexibility index (Phi) is 5.63. The molecule has 1 saturated heterocycles. The van der Waals surface area contributed by atoms with Gasteiger partial charge < -0.3 is 20.4 Å². The Morgan fingerprint density at radius 1 is 0.893 bits per heavy atom. The number of anilines is 4. The highest BCUT2D eigenvalue weighted by molar-refractivity contribution is 5.60. The van der Waals surface area contributed by atoms with E-state index < -0.39 is 0 Å². The van der Waals surface area contributed by atoms with Crippen molar-refractivity contribution in [1.29, 1.82) is 0 Å². The van der Waals surface area contributed by atoms with Crippen LogP contribution in [0.4, 0.5) is 23.1 Å². The maximum absolute atomic E-state index is 4.53. The largest absolute Gasteiger partial charge is 0.369 e. The van der Waals surface area contributed by atoms with Crippen molar-refractivity contribution in [2.24, 2.45) is 0 Å². The molecule has 0 saturated carbocycles. The normalized spacial score (nSPS) is 14.7. The van der Waals surface area contributed by atoms with Crippen molar-refractivity contribution in [3.05, 3.63) is 66.6 Å². The van der Waals surface area contributed by atoms with Gasteiger partial charge in [0.15, 0.2) is 0 Å². The number of rotatable bonds is 6. The lowest BCUT2D eigenvalue weighted by Crippen LogP contribution is -2.44. The fourth-order valence-electron chi connectivity index (χ4n) is 3.15. The van der Waals surface area contributed by atoms with Crippen molar-refractivity contribution in [1.82, 2.24) is 19.9 Å². The molecule has 2 N–H and O–H groups in total. The summed E-state index contributed by atoms with van der Waals surface area (Å²) in [4.78, 5) is 17.9. The Hall–Kier alpha value is -3.19. The minimum absolute atomic E-state index is 0.568. The van der Waals surface area contributed by atoms with Gasteiger partial charge in [-0.1, -0.05) is 6.07 Å². The summed E-state index contributed by atoms with van der Waals surface area (Å²) < 4.78 is 0. The molecule has 0 radical (unpaired) electrons. The fourth-order valence-corrected chi connectivity index (χ4v) is 3.15. The smallest absolute Gasteiger partial charge is 0.229 e. The van der Waals surface area contributed by atoms with Crippen LogP contribution in [-0.2, 0) is 6.54 Å². The Balaban J connectivity index is 1.36. The first-order chi connectivity index (χ1) is 13.8. The lowest BCUT2D eigenvalue weighted by atomic mass is 10.2. The first-order valence-electron chi connectivity index (χ1n) is 9.54. The number of piperazine rings is 1. The Morgan fingerprint density at radius 2 is 1.71 bits per heavy atom. The highest BCUT2D eigenvalue weighted by Gasteiger charge is 2.14. The molecule has 3 heterocycles. The number of aromatic nitrogens is 3. The van der Waals surface area contributed by atoms with E-state index in [1.807, 2.05) is 24.3 Å². The second-order valence-electron chi connectivity index (χ2n) is 6.90. The van der Waals surface area contributed by atoms with Crippen molar-refractivity contribution in [2.45, 2.75) is 6.54 Å². The summed E-state index contributed by atoms with van der Waals surface area (Å²) in [5.41, 5.74) is 3.19. The van der Waals surface area contributed by atoms with E-state index in [1.165, 1.54) is 5.69 Å². The summed E-state index contributed by atoms with van der Waals surface area (Å²) in [7, 11) is 2.17. The summed E-state index contributed by atoms with van der Waals surface area (Å²) in [5, 5.41) is 6.55. The first kappa shape index (κ1) is 18.2. The molecular weight excluding hydrogens is 350 g/mol. The molecule has 0 spiro atoms. The third-order valence-electron chi connectivity index (χ3n) is 4.82. The average molecular weight is 375 g/mol. The van der Waals surface area contributed by atoms with Crippen LogP contribution in [0.15, 0.2) is 60.9 Å². The number of likely N-dealkylation sites (N-methyl/N-ethyl adjacent to an activating group) is 1. The quantitative estimate of drug-likeness (QED) is 0.686. The Morgan fingerprint density at radius 3 is 2.46 bits per heavy atom. The van der Waals surface area contributed by atoms with Crippen molar-refractivity contribution in [3.8, 4) is 0 Å². The van der Waals surface area contributed by atoms with Crippen molar-refractivity contribution < 1.29 is 0 Å². The second kappa shape index (κ2) is 8.67. The number of benzene rings is 1. The van der Waals surface area contributed by atoms with E-state index >= 15 is 0 Å². The van der Waals surface area contributed by atoms with E-state index in [0.29, 0.717) is 12.5 Å². The van der Waals surface area contributed by atoms with Gasteiger partial charge in [0.2, 0.25) is 5.95 Å². The van der Waals surface area contributed by atoms with Gasteiger partial charge in [-0.25, -0.2) is 4.98 Å². The Labute approximate surface area is 165 Å². The monoisotopic (exact) mass is 375 g/mol. The molecule has 7 heteroatoms. The van der Waals surface area contributed by atoms with Gasteiger partial charge in [0, 0.05) is 49.9 Å². The zero-order valence-corrected chi connectivity index (χ0v) is 16.0. The summed E-state index contributed by atoms with van der Waals surface area (Å²) in [6.07, 6.45) is 3.53. The zero-order valence-electron chi connectivity index (χ0n) is 16.0. The predicted molar refractivity (Wildman–Crippen MR) is 113 cm³/mol. The van der Waals surface area contributed by atoms with E-state index in [4.69, 9.17) is 0 Å². The van der Waals surface area contributed by atoms with Crippen LogP contribution in [0.25, 0.3) is 0 Å². The highest BCUT2D eigenvalue weighted by Crippen LogP contribution is 2.21. The molecule has 0 amide bonds. The third-order valence-corrected chi connectivity index (χ3v) is 4.82. The average Bonchev–Trinajstić information content (AvgIpc) is 2.75. The molecule has 3 aromatic rings. The van der Waals surface area contributed by atoms with Gasteiger partial charge in [0.05, 0.1) is 12.2 Å². The van der Waals surface area contributed by atoms with E-state index in [0.717, 1.165) is 43.4 Å². The Bertz CT molecular complexity index is 875. The maximum Gasteiger partial charge on any atom is 0.229 e. The maximum atomic E-state index is 4.53. The van der Waals surface area contributed by atoms with Crippen molar-refractivity contribution >= 4 is 23.1 Å². The van der Waals surface area contributed by atoms with Gasteiger partial charge in [0.1, 0.15) is 5.82 Å². The number of hydrogen-bond donors (Lipinski definition) is 2. The molecule has 1 aromatic carbocycles. The predicted octanol–water partition coefficient (Wildman–Crippen LogP) is 2.98. The molecule has 1 fully saturated rings. The number of nitrogens with zero attached hydrogens (tertiary/aromatic N) is 5. The van der Waals surface area contributed by atoms with Crippen LogP contribution < -0.4 is 15.5 Å². The molecule has 0 bridgehead atoms. The van der Waals surface area contributed by atoms with Crippen molar-refractivity contribution in [2.75, 3.05) is 48.8 Å². The standard InChI is InChI=1S/C21H25N7/c1-27-12-14-28(15-13-27)19-7-5-17(6-8-19)25-21-23-11-9-20(26-21)24-16-18-4-2-3-10-22-18/h2-11H,12-16H2,1H3,(H2,23,24,25,26). The number of hydrogen-bond acceptors (Lipinski definition) is 7. The summed E-state index contributed by atoms with van der Waals surface area (Å²) in [6, 6.07) is 16.2. The van der Waals surface area contributed by atoms with E-state index in [9.17, 15) is 0 Å². The summed E-state index contributed by atoms with van der Waals surface area (Å²) in [6.45, 7) is 4.96. The van der Waals surface area contributed by atoms with E-state index in [2.05, 4.69) is 66.7 Å². The summed E-state index contributed by atoms with van der Waals surface area (Å²) >= 11 is 0. The lowest BCUT2D eigenvalue weighted by Gasteiger charge is -2.34. The number of nitrogens with one attached hydrogen (secondary N) is 2. The van der Waals surface area contributed by atoms with E-state index in [1.54, 1.807) is 12.4 Å². The van der Waals surface area contributed by atoms with Gasteiger partial charge in [-0.15, -0.1) is 0 Å². The molecule has 7 nitrogen and oxygen atoms in total. The van der Waals surface area contributed by atoms with Crippen LogP contribution in [0.1, 0.15) is 5.69 Å². The minimum atomic E-state index is 0.568. The molecule has 0 atom stereocenters. The van der Waals surface area contributed by atoms with Gasteiger partial charge in [0.25, 0.3) is 0 Å². The van der Waals surface area contributed by atoms with E-state index in [-0.39, 0.29) is 0 Å². The van der Waals surface area contributed by atoms with Crippen LogP contribution in [0, 0.1) is 0 Å². The molecule has 4 rings (SSSR count). The molecule has 1 aliphatic rings. The topological polar surface area (TPSA) is 69.2 Å². The highest BCUT2D eigenvalue weighted by atomic mass is 15.2. The number of pyridine rings is 1. The van der Waals surface area contributed by atoms with Gasteiger partial charge in [-0.2, -0.15) is 4.98 Å². The van der Waals surface area contributed by atoms with Crippen LogP contribution in [0.5, 0.6) is 0 Å². The van der Waals surface area contributed by atoms with Crippen LogP contribution in [-0.4, -0.2) is 53.1 Å². The van der Waals surface area contributed by atoms with Crippen LogP contribution in [0.3, 0.4) is 0 Å². The van der Waals surface area contributed by atoms with Gasteiger partial charge in [-0.05, 0) is 49.5 Å². The third kappa shape index (κ3) is 4.75. The fraction of sp³-hybridized carbons (Fsp3) is 0.286. The van der Waals surface area contributed by atoms with Crippen molar-refractivity contribution in [3.63, 3.8) is 0 Å². The van der Waals surface area contributed by atoms with Gasteiger partial charge >= 0.3 is 0 Å². The van der Waals surface area contributed by atoms with Crippen LogP contribution in [0.2, 0.25) is 0 Å². The molecule has 0 unspecified atom stereocenters. The van der Waals surface area contributed by atoms with Crippen LogP contribution >= 0.6 is 0 Å². The minimum Gasteiger partial charge on any atom is -0.369 e. The second-order valence-corrected chi connectivity index (χ2v) is 6.90. The summed E-state index contributed by atoms with van der Waals surface area (Å²) in [5.74, 6) is 1.33. The SMILES string of the molecule is CN1CCN(c2ccc(Nc3nccc(NCc4ccccn4)n3)cc2)CC1. The molecule has 1 aliphatic heterocycles. The van der Waals surface area contributed by atoms with Gasteiger partial charge in [-0.3, -0.25) is 4.98 Å². The molecule has 2 aromatic heterocycles. The first-order valence-corrected chi connectivity index (χ1v) is 9.54. The zero-order chi connectivity index (χ0) is 19.2. The molecule has 144 valence electrons.